The molecule has 0 spiro atoms. The molecule has 6 aromatic carbocycles. The third kappa shape index (κ3) is 9.94. The highest BCUT2D eigenvalue weighted by molar-refractivity contribution is 7.99. The number of ether oxygens (including phenoxy) is 1. The molecule has 1 fully saturated rings. The average Bonchev–Trinajstić information content (AvgIpc) is 4.37. The van der Waals surface area contributed by atoms with Gasteiger partial charge in [0.2, 0.25) is 0 Å². The molecule has 9 heteroatoms. The number of anilines is 2. The molecule has 0 saturated carbocycles. The summed E-state index contributed by atoms with van der Waals surface area (Å²) in [5.41, 5.74) is 22.2. The van der Waals surface area contributed by atoms with Crippen LogP contribution >= 0.6 is 11.8 Å². The fourth-order valence-electron chi connectivity index (χ4n) is 11.3. The van der Waals surface area contributed by atoms with E-state index in [2.05, 4.69) is 240 Å². The van der Waals surface area contributed by atoms with Crippen molar-refractivity contribution in [1.29, 1.82) is 0 Å². The molecule has 3 aromatic heterocycles. The first-order chi connectivity index (χ1) is 37.8. The first kappa shape index (κ1) is 48.4. The lowest BCUT2D eigenvalue weighted by Crippen LogP contribution is -2.47. The van der Waals surface area contributed by atoms with Gasteiger partial charge in [-0.25, -0.2) is 9.97 Å². The molecular weight excluding hydrogens is 963 g/mol. The van der Waals surface area contributed by atoms with Crippen molar-refractivity contribution in [1.82, 2.24) is 29.7 Å². The predicted molar refractivity (Wildman–Crippen MR) is 322 cm³/mol. The molecule has 380 valence electrons. The van der Waals surface area contributed by atoms with Gasteiger partial charge in [0.05, 0.1) is 34.2 Å². The van der Waals surface area contributed by atoms with Crippen molar-refractivity contribution in [3.05, 3.63) is 209 Å². The van der Waals surface area contributed by atoms with Crippen LogP contribution in [0.15, 0.2) is 180 Å². The highest BCUT2D eigenvalue weighted by Gasteiger charge is 2.24. The molecule has 0 radical (unpaired) electrons. The maximum Gasteiger partial charge on any atom is 0.119 e. The SMILES string of the molecule is Cc1ccc(-c2c3nc(c(-c4ccc(C)cc4)c4ccc([nH]4)c(-c4ccc(OCCN5CCN(CCCN6c7ccccc7Sc7ccccc76)CC5)cc4)c4nc(c(-c5ccc(C)cc5)c5ccc2[nH]5)C=C4)C=C3)cc1. The Hall–Kier alpha value is -8.21. The molecule has 4 aliphatic rings. The summed E-state index contributed by atoms with van der Waals surface area (Å²) in [6, 6.07) is 61.2. The van der Waals surface area contributed by atoms with E-state index in [-0.39, 0.29) is 0 Å². The zero-order chi connectivity index (χ0) is 51.8. The summed E-state index contributed by atoms with van der Waals surface area (Å²) in [5, 5.41) is 0. The number of hydrogen-bond acceptors (Lipinski definition) is 7. The van der Waals surface area contributed by atoms with Gasteiger partial charge in [-0.3, -0.25) is 4.90 Å². The lowest BCUT2D eigenvalue weighted by molar-refractivity contribution is 0.116. The van der Waals surface area contributed by atoms with E-state index in [0.29, 0.717) is 6.61 Å². The number of piperazine rings is 1. The van der Waals surface area contributed by atoms with E-state index in [1.165, 1.54) is 37.9 Å². The van der Waals surface area contributed by atoms with E-state index in [1.54, 1.807) is 0 Å². The Kier molecular flexibility index (Phi) is 13.3. The third-order valence-corrected chi connectivity index (χ3v) is 16.6. The second kappa shape index (κ2) is 21.1. The van der Waals surface area contributed by atoms with Crippen LogP contribution in [-0.4, -0.2) is 82.2 Å². The molecule has 7 heterocycles. The number of nitrogens with zero attached hydrogens (tertiary/aromatic N) is 5. The quantitative estimate of drug-likeness (QED) is 0.126. The van der Waals surface area contributed by atoms with Crippen LogP contribution in [0.4, 0.5) is 11.4 Å². The average molecular weight is 1020 g/mol. The molecular formula is C68H61N7OS. The van der Waals surface area contributed by atoms with Crippen LogP contribution in [0.25, 0.3) is 90.9 Å². The zero-order valence-corrected chi connectivity index (χ0v) is 44.7. The highest BCUT2D eigenvalue weighted by atomic mass is 32.2. The van der Waals surface area contributed by atoms with E-state index < -0.39 is 0 Å². The number of fused-ring (bicyclic) bond motifs is 10. The Balaban J connectivity index is 0.795. The minimum absolute atomic E-state index is 0.632. The van der Waals surface area contributed by atoms with E-state index >= 15 is 0 Å². The number of para-hydroxylation sites is 2. The molecule has 4 aliphatic heterocycles. The fraction of sp³-hybridized carbons (Fsp3) is 0.176. The maximum atomic E-state index is 6.48. The third-order valence-electron chi connectivity index (χ3n) is 15.4. The number of H-pyrrole nitrogens is 2. The summed E-state index contributed by atoms with van der Waals surface area (Å²) < 4.78 is 6.48. The maximum absolute atomic E-state index is 6.48. The monoisotopic (exact) mass is 1020 g/mol. The van der Waals surface area contributed by atoms with Gasteiger partial charge in [0.15, 0.2) is 0 Å². The van der Waals surface area contributed by atoms with E-state index in [0.717, 1.165) is 147 Å². The van der Waals surface area contributed by atoms with Gasteiger partial charge in [0.1, 0.15) is 12.4 Å². The number of aryl methyl sites for hydroxylation is 3. The number of aromatic amines is 2. The van der Waals surface area contributed by atoms with Crippen LogP contribution in [0, 0.1) is 20.8 Å². The summed E-state index contributed by atoms with van der Waals surface area (Å²) in [7, 11) is 0. The van der Waals surface area contributed by atoms with Crippen molar-refractivity contribution >= 4 is 69.5 Å². The molecule has 0 amide bonds. The van der Waals surface area contributed by atoms with Crippen LogP contribution in [0.3, 0.4) is 0 Å². The summed E-state index contributed by atoms with van der Waals surface area (Å²) in [4.78, 5) is 29.2. The van der Waals surface area contributed by atoms with Crippen LogP contribution < -0.4 is 9.64 Å². The molecule has 77 heavy (non-hydrogen) atoms. The van der Waals surface area contributed by atoms with E-state index in [4.69, 9.17) is 14.7 Å². The van der Waals surface area contributed by atoms with Gasteiger partial charge in [0.25, 0.3) is 0 Å². The van der Waals surface area contributed by atoms with Crippen molar-refractivity contribution in [2.24, 2.45) is 0 Å². The molecule has 8 nitrogen and oxygen atoms in total. The molecule has 13 rings (SSSR count). The first-order valence-corrected chi connectivity index (χ1v) is 27.9. The summed E-state index contributed by atoms with van der Waals surface area (Å²) in [6.45, 7) is 14.3. The zero-order valence-electron chi connectivity index (χ0n) is 43.9. The molecule has 0 aliphatic carbocycles. The van der Waals surface area contributed by atoms with E-state index in [9.17, 15) is 0 Å². The lowest BCUT2D eigenvalue weighted by atomic mass is 10.0. The first-order valence-electron chi connectivity index (χ1n) is 27.0. The van der Waals surface area contributed by atoms with Gasteiger partial charge in [-0.2, -0.15) is 0 Å². The molecule has 2 N–H and O–H groups in total. The van der Waals surface area contributed by atoms with Crippen molar-refractivity contribution < 1.29 is 4.74 Å². The number of nitrogens with one attached hydrogen (secondary N) is 2. The summed E-state index contributed by atoms with van der Waals surface area (Å²) >= 11 is 1.88. The molecule has 0 atom stereocenters. The standard InChI is InChI=1S/C68H61N7OS/c1-45-13-19-48(20-14-45)65-53-29-31-55(69-53)66(49-21-15-46(2)16-22-49)57-33-35-59(71-57)68(60-36-34-58(72-60)67(56-32-30-54(65)70-56)50-23-17-47(3)18-24-50)51-25-27-52(28-26-51)76-44-43-74-41-39-73(40-42-74)37-8-38-75-61-9-4-6-11-63(61)77-64-12-7-5-10-62(64)75/h4-7,9-36,69,72H,8,37-44H2,1-3H3. The van der Waals surface area contributed by atoms with Crippen LogP contribution in [0.1, 0.15) is 45.9 Å². The van der Waals surface area contributed by atoms with Crippen molar-refractivity contribution in [2.45, 2.75) is 37.0 Å². The number of benzene rings is 6. The second-order valence-electron chi connectivity index (χ2n) is 20.7. The lowest BCUT2D eigenvalue weighted by Gasteiger charge is -2.36. The Morgan fingerprint density at radius 3 is 1.18 bits per heavy atom. The molecule has 8 bridgehead atoms. The van der Waals surface area contributed by atoms with Crippen LogP contribution in [0.5, 0.6) is 5.75 Å². The Morgan fingerprint density at radius 1 is 0.416 bits per heavy atom. The minimum atomic E-state index is 0.632. The topological polar surface area (TPSA) is 76.3 Å². The smallest absolute Gasteiger partial charge is 0.119 e. The Labute approximate surface area is 455 Å². The number of hydrogen-bond donors (Lipinski definition) is 2. The highest BCUT2D eigenvalue weighted by Crippen LogP contribution is 2.48. The van der Waals surface area contributed by atoms with Gasteiger partial charge in [-0.05, 0) is 141 Å². The number of rotatable bonds is 12. The second-order valence-corrected chi connectivity index (χ2v) is 21.8. The summed E-state index contributed by atoms with van der Waals surface area (Å²) in [5.74, 6) is 0.858. The van der Waals surface area contributed by atoms with Crippen molar-refractivity contribution in [3.63, 3.8) is 0 Å². The Morgan fingerprint density at radius 2 is 0.779 bits per heavy atom. The van der Waals surface area contributed by atoms with Crippen LogP contribution in [-0.2, 0) is 0 Å². The molecule has 1 saturated heterocycles. The molecule has 0 unspecified atom stereocenters. The largest absolute Gasteiger partial charge is 0.492 e. The number of aromatic nitrogens is 4. The van der Waals surface area contributed by atoms with Gasteiger partial charge in [-0.1, -0.05) is 138 Å². The van der Waals surface area contributed by atoms with E-state index in [1.807, 2.05) is 11.8 Å². The van der Waals surface area contributed by atoms with Gasteiger partial charge < -0.3 is 24.5 Å². The van der Waals surface area contributed by atoms with Gasteiger partial charge in [0, 0.05) is 93.4 Å². The van der Waals surface area contributed by atoms with Crippen molar-refractivity contribution in [2.75, 3.05) is 57.3 Å². The molecule has 9 aromatic rings. The van der Waals surface area contributed by atoms with Gasteiger partial charge >= 0.3 is 0 Å². The predicted octanol–water partition coefficient (Wildman–Crippen LogP) is 15.9. The fourth-order valence-corrected chi connectivity index (χ4v) is 12.4. The van der Waals surface area contributed by atoms with Crippen molar-refractivity contribution in [3.8, 4) is 50.3 Å². The van der Waals surface area contributed by atoms with Gasteiger partial charge in [-0.15, -0.1) is 0 Å². The Bertz CT molecular complexity index is 3790. The van der Waals surface area contributed by atoms with Crippen LogP contribution in [0.2, 0.25) is 0 Å². The minimum Gasteiger partial charge on any atom is -0.492 e. The normalized spacial score (nSPS) is 14.2. The summed E-state index contributed by atoms with van der Waals surface area (Å²) in [6.07, 6.45) is 9.77.